The number of carbonyl (C=O) groups excluding carboxylic acids is 1. The Morgan fingerprint density at radius 3 is 2.45 bits per heavy atom. The lowest BCUT2D eigenvalue weighted by molar-refractivity contribution is 0.0674. The average Bonchev–Trinajstić information content (AvgIpc) is 2.75. The summed E-state index contributed by atoms with van der Waals surface area (Å²) in [4.78, 5) is 20.2. The Morgan fingerprint density at radius 1 is 1.07 bits per heavy atom. The first-order chi connectivity index (χ1) is 14.0. The number of para-hydroxylation sites is 1. The van der Waals surface area contributed by atoms with Crippen LogP contribution in [-0.4, -0.2) is 49.7 Å². The van der Waals surface area contributed by atoms with Crippen LogP contribution in [0.2, 0.25) is 0 Å². The van der Waals surface area contributed by atoms with E-state index in [1.54, 1.807) is 14.2 Å². The molecule has 3 rings (SSSR count). The first-order valence-corrected chi connectivity index (χ1v) is 9.86. The third-order valence-corrected chi connectivity index (χ3v) is 4.77. The highest BCUT2D eigenvalue weighted by atomic mass is 16.5. The van der Waals surface area contributed by atoms with E-state index < -0.39 is 0 Å². The smallest absolute Gasteiger partial charge is 0.254 e. The summed E-state index contributed by atoms with van der Waals surface area (Å²) >= 11 is 0. The summed E-state index contributed by atoms with van der Waals surface area (Å²) in [5.41, 5.74) is 3.18. The van der Waals surface area contributed by atoms with Crippen LogP contribution in [0.1, 0.15) is 24.2 Å². The van der Waals surface area contributed by atoms with E-state index in [1.807, 2.05) is 59.5 Å². The number of methoxy groups -OCH3 is 2. The molecule has 0 spiro atoms. The molecule has 1 heterocycles. The van der Waals surface area contributed by atoms with Crippen LogP contribution >= 0.6 is 0 Å². The van der Waals surface area contributed by atoms with E-state index in [0.29, 0.717) is 31.2 Å². The lowest BCUT2D eigenvalue weighted by atomic mass is 10.0. The van der Waals surface area contributed by atoms with Crippen LogP contribution in [0.15, 0.2) is 54.6 Å². The molecule has 0 N–H and O–H groups in total. The van der Waals surface area contributed by atoms with Gasteiger partial charge < -0.3 is 14.4 Å². The zero-order valence-corrected chi connectivity index (χ0v) is 17.5. The van der Waals surface area contributed by atoms with Crippen molar-refractivity contribution in [2.24, 2.45) is 5.92 Å². The Morgan fingerprint density at radius 2 is 1.79 bits per heavy atom. The van der Waals surface area contributed by atoms with Gasteiger partial charge in [-0.1, -0.05) is 32.0 Å². The molecule has 0 aliphatic heterocycles. The molecule has 152 valence electrons. The fraction of sp³-hybridized carbons (Fsp3) is 0.333. The van der Waals surface area contributed by atoms with Gasteiger partial charge in [-0.3, -0.25) is 4.79 Å². The number of fused-ring (bicyclic) bond motifs is 1. The Bertz CT molecular complexity index is 968. The molecule has 0 saturated heterocycles. The van der Waals surface area contributed by atoms with Gasteiger partial charge in [-0.05, 0) is 42.3 Å². The van der Waals surface area contributed by atoms with Crippen LogP contribution in [0.25, 0.3) is 22.2 Å². The summed E-state index contributed by atoms with van der Waals surface area (Å²) in [7, 11) is 3.30. The molecule has 0 unspecified atom stereocenters. The summed E-state index contributed by atoms with van der Waals surface area (Å²) in [6.45, 7) is 5.96. The molecule has 2 aromatic carbocycles. The van der Waals surface area contributed by atoms with Gasteiger partial charge in [0.1, 0.15) is 5.75 Å². The monoisotopic (exact) mass is 392 g/mol. The van der Waals surface area contributed by atoms with Crippen LogP contribution in [0.3, 0.4) is 0 Å². The van der Waals surface area contributed by atoms with Crippen molar-refractivity contribution in [3.8, 4) is 17.0 Å². The van der Waals surface area contributed by atoms with E-state index in [0.717, 1.165) is 27.9 Å². The molecule has 5 nitrogen and oxygen atoms in total. The second-order valence-electron chi connectivity index (χ2n) is 7.44. The first kappa shape index (κ1) is 20.8. The largest absolute Gasteiger partial charge is 0.497 e. The predicted molar refractivity (Wildman–Crippen MR) is 116 cm³/mol. The standard InChI is InChI=1S/C24H28N2O3/c1-17(2)16-26(13-14-28-3)24(27)21-15-23(18-9-11-19(29-4)12-10-18)25-22-8-6-5-7-20(21)22/h5-12,15,17H,13-14,16H2,1-4H3. The highest BCUT2D eigenvalue weighted by Crippen LogP contribution is 2.27. The molecule has 1 amide bonds. The summed E-state index contributed by atoms with van der Waals surface area (Å²) in [5.74, 6) is 1.16. The molecule has 0 fully saturated rings. The third-order valence-electron chi connectivity index (χ3n) is 4.77. The first-order valence-electron chi connectivity index (χ1n) is 9.86. The number of aromatic nitrogens is 1. The molecule has 0 saturated carbocycles. The minimum absolute atomic E-state index is 0.00381. The van der Waals surface area contributed by atoms with Gasteiger partial charge in [0.05, 0.1) is 30.5 Å². The number of carbonyl (C=O) groups is 1. The summed E-state index contributed by atoms with van der Waals surface area (Å²) in [6, 6.07) is 17.4. The molecular formula is C24H28N2O3. The molecular weight excluding hydrogens is 364 g/mol. The lowest BCUT2D eigenvalue weighted by Crippen LogP contribution is -2.36. The minimum Gasteiger partial charge on any atom is -0.497 e. The molecule has 0 aliphatic rings. The fourth-order valence-corrected chi connectivity index (χ4v) is 3.35. The molecule has 0 aliphatic carbocycles. The van der Waals surface area contributed by atoms with Crippen molar-refractivity contribution in [2.45, 2.75) is 13.8 Å². The number of amides is 1. The lowest BCUT2D eigenvalue weighted by Gasteiger charge is -2.25. The molecule has 5 heteroatoms. The van der Waals surface area contributed by atoms with Gasteiger partial charge in [0, 0.05) is 31.1 Å². The Labute approximate surface area is 172 Å². The van der Waals surface area contributed by atoms with Gasteiger partial charge in [0.2, 0.25) is 0 Å². The third kappa shape index (κ3) is 4.93. The van der Waals surface area contributed by atoms with Crippen LogP contribution < -0.4 is 4.74 Å². The number of benzene rings is 2. The van der Waals surface area contributed by atoms with Crippen molar-refractivity contribution >= 4 is 16.8 Å². The highest BCUT2D eigenvalue weighted by Gasteiger charge is 2.20. The Hall–Kier alpha value is -2.92. The molecule has 29 heavy (non-hydrogen) atoms. The van der Waals surface area contributed by atoms with E-state index >= 15 is 0 Å². The highest BCUT2D eigenvalue weighted by molar-refractivity contribution is 6.07. The van der Waals surface area contributed by atoms with Crippen LogP contribution in [0, 0.1) is 5.92 Å². The van der Waals surface area contributed by atoms with Crippen LogP contribution in [0.4, 0.5) is 0 Å². The normalized spacial score (nSPS) is 11.1. The fourth-order valence-electron chi connectivity index (χ4n) is 3.35. The number of ether oxygens (including phenoxy) is 2. The molecule has 0 radical (unpaired) electrons. The van der Waals surface area contributed by atoms with Gasteiger partial charge in [0.25, 0.3) is 5.91 Å². The average molecular weight is 392 g/mol. The van der Waals surface area contributed by atoms with E-state index in [1.165, 1.54) is 0 Å². The quantitative estimate of drug-likeness (QED) is 0.560. The van der Waals surface area contributed by atoms with E-state index in [2.05, 4.69) is 13.8 Å². The Balaban J connectivity index is 2.07. The van der Waals surface area contributed by atoms with Crippen molar-refractivity contribution < 1.29 is 14.3 Å². The summed E-state index contributed by atoms with van der Waals surface area (Å²) < 4.78 is 10.5. The minimum atomic E-state index is 0.00381. The second-order valence-corrected chi connectivity index (χ2v) is 7.44. The van der Waals surface area contributed by atoms with E-state index in [9.17, 15) is 4.79 Å². The number of rotatable bonds is 8. The van der Waals surface area contributed by atoms with Crippen molar-refractivity contribution in [1.82, 2.24) is 9.88 Å². The number of nitrogens with zero attached hydrogens (tertiary/aromatic N) is 2. The van der Waals surface area contributed by atoms with Crippen molar-refractivity contribution in [2.75, 3.05) is 33.9 Å². The maximum atomic E-state index is 13.5. The molecule has 1 aromatic heterocycles. The number of hydrogen-bond acceptors (Lipinski definition) is 4. The van der Waals surface area contributed by atoms with Crippen LogP contribution in [-0.2, 0) is 4.74 Å². The maximum absolute atomic E-state index is 13.5. The van der Waals surface area contributed by atoms with Gasteiger partial charge in [-0.15, -0.1) is 0 Å². The second kappa shape index (κ2) is 9.52. The SMILES string of the molecule is COCCN(CC(C)C)C(=O)c1cc(-c2ccc(OC)cc2)nc2ccccc12. The van der Waals surface area contributed by atoms with Gasteiger partial charge in [-0.2, -0.15) is 0 Å². The molecule has 0 bridgehead atoms. The number of hydrogen-bond donors (Lipinski definition) is 0. The molecule has 3 aromatic rings. The molecule has 0 atom stereocenters. The van der Waals surface area contributed by atoms with E-state index in [4.69, 9.17) is 14.5 Å². The van der Waals surface area contributed by atoms with E-state index in [-0.39, 0.29) is 5.91 Å². The summed E-state index contributed by atoms with van der Waals surface area (Å²) in [6.07, 6.45) is 0. The van der Waals surface area contributed by atoms with Gasteiger partial charge in [0.15, 0.2) is 0 Å². The predicted octanol–water partition coefficient (Wildman–Crippen LogP) is 4.66. The Kier molecular flexibility index (Phi) is 6.83. The maximum Gasteiger partial charge on any atom is 0.254 e. The van der Waals surface area contributed by atoms with Crippen molar-refractivity contribution in [3.05, 3.63) is 60.2 Å². The van der Waals surface area contributed by atoms with Gasteiger partial charge in [-0.25, -0.2) is 4.98 Å². The number of pyridine rings is 1. The van der Waals surface area contributed by atoms with Crippen molar-refractivity contribution in [3.63, 3.8) is 0 Å². The summed E-state index contributed by atoms with van der Waals surface area (Å²) in [5, 5.41) is 0.862. The van der Waals surface area contributed by atoms with Crippen molar-refractivity contribution in [1.29, 1.82) is 0 Å². The topological polar surface area (TPSA) is 51.7 Å². The van der Waals surface area contributed by atoms with Gasteiger partial charge >= 0.3 is 0 Å². The zero-order valence-electron chi connectivity index (χ0n) is 17.5. The zero-order chi connectivity index (χ0) is 20.8. The van der Waals surface area contributed by atoms with Crippen LogP contribution in [0.5, 0.6) is 5.75 Å².